The Morgan fingerprint density at radius 3 is 2.71 bits per heavy atom. The number of carbonyl (C=O) groups excluding carboxylic acids is 1. The molecule has 28 heavy (non-hydrogen) atoms. The number of thiazole rings is 1. The Hall–Kier alpha value is -3.07. The first-order valence-corrected chi connectivity index (χ1v) is 9.87. The number of hydrogen-bond acceptors (Lipinski definition) is 6. The van der Waals surface area contributed by atoms with Crippen molar-refractivity contribution in [2.24, 2.45) is 0 Å². The van der Waals surface area contributed by atoms with Gasteiger partial charge in [-0.3, -0.25) is 4.79 Å². The molecule has 9 heteroatoms. The number of para-hydroxylation sites is 2. The standard InChI is InChI=1S/C19H17FN6OS/c20-13-4-3-7-16-18(13)21-19(28-16)25-10-8-24(9-11-25)17(27)12-26-15-6-2-1-5-14(15)22-23-26/h1-7H,8-12H2. The van der Waals surface area contributed by atoms with Crippen molar-refractivity contribution in [2.75, 3.05) is 31.1 Å². The molecular weight excluding hydrogens is 379 g/mol. The summed E-state index contributed by atoms with van der Waals surface area (Å²) in [6.07, 6.45) is 0. The maximum Gasteiger partial charge on any atom is 0.244 e. The Bertz CT molecular complexity index is 1160. The van der Waals surface area contributed by atoms with Gasteiger partial charge in [-0.1, -0.05) is 34.7 Å². The lowest BCUT2D eigenvalue weighted by Crippen LogP contribution is -2.49. The minimum atomic E-state index is -0.297. The van der Waals surface area contributed by atoms with Crippen molar-refractivity contribution in [3.05, 3.63) is 48.3 Å². The zero-order chi connectivity index (χ0) is 19.1. The van der Waals surface area contributed by atoms with Gasteiger partial charge in [-0.25, -0.2) is 14.1 Å². The van der Waals surface area contributed by atoms with Gasteiger partial charge in [0.2, 0.25) is 5.91 Å². The highest BCUT2D eigenvalue weighted by atomic mass is 32.1. The van der Waals surface area contributed by atoms with Crippen molar-refractivity contribution in [1.82, 2.24) is 24.9 Å². The summed E-state index contributed by atoms with van der Waals surface area (Å²) in [7, 11) is 0. The van der Waals surface area contributed by atoms with Gasteiger partial charge in [0.25, 0.3) is 0 Å². The van der Waals surface area contributed by atoms with Gasteiger partial charge in [0, 0.05) is 26.2 Å². The van der Waals surface area contributed by atoms with Crippen molar-refractivity contribution in [3.63, 3.8) is 0 Å². The fourth-order valence-corrected chi connectivity index (χ4v) is 4.48. The topological polar surface area (TPSA) is 67.2 Å². The average molecular weight is 396 g/mol. The number of nitrogens with zero attached hydrogens (tertiary/aromatic N) is 6. The lowest BCUT2D eigenvalue weighted by atomic mass is 10.3. The summed E-state index contributed by atoms with van der Waals surface area (Å²) < 4.78 is 16.4. The Kier molecular flexibility index (Phi) is 4.16. The fraction of sp³-hybridized carbons (Fsp3) is 0.263. The van der Waals surface area contributed by atoms with E-state index in [-0.39, 0.29) is 18.3 Å². The molecule has 0 unspecified atom stereocenters. The van der Waals surface area contributed by atoms with Crippen LogP contribution in [0.1, 0.15) is 0 Å². The summed E-state index contributed by atoms with van der Waals surface area (Å²) in [6, 6.07) is 12.6. The van der Waals surface area contributed by atoms with Crippen LogP contribution in [-0.4, -0.2) is 57.0 Å². The number of anilines is 1. The average Bonchev–Trinajstić information content (AvgIpc) is 3.34. The van der Waals surface area contributed by atoms with E-state index in [0.29, 0.717) is 31.7 Å². The Morgan fingerprint density at radius 2 is 1.89 bits per heavy atom. The number of aromatic nitrogens is 4. The van der Waals surface area contributed by atoms with Crippen LogP contribution in [0.15, 0.2) is 42.5 Å². The molecular formula is C19H17FN6OS. The number of piperazine rings is 1. The van der Waals surface area contributed by atoms with Crippen molar-refractivity contribution < 1.29 is 9.18 Å². The molecule has 7 nitrogen and oxygen atoms in total. The van der Waals surface area contributed by atoms with Crippen LogP contribution in [0.5, 0.6) is 0 Å². The minimum absolute atomic E-state index is 0.0191. The molecule has 1 fully saturated rings. The molecule has 0 bridgehead atoms. The predicted octanol–water partition coefficient (Wildman–Crippen LogP) is 2.53. The van der Waals surface area contributed by atoms with Gasteiger partial charge in [-0.2, -0.15) is 0 Å². The maximum atomic E-state index is 13.9. The summed E-state index contributed by atoms with van der Waals surface area (Å²) in [5, 5.41) is 8.98. The molecule has 0 spiro atoms. The first-order chi connectivity index (χ1) is 13.7. The molecule has 0 aliphatic carbocycles. The van der Waals surface area contributed by atoms with Gasteiger partial charge in [-0.05, 0) is 24.3 Å². The molecule has 5 rings (SSSR count). The van der Waals surface area contributed by atoms with Crippen LogP contribution in [0, 0.1) is 5.82 Å². The highest BCUT2D eigenvalue weighted by molar-refractivity contribution is 7.22. The molecule has 0 atom stereocenters. The van der Waals surface area contributed by atoms with E-state index in [4.69, 9.17) is 0 Å². The third-order valence-electron chi connectivity index (χ3n) is 4.97. The molecule has 4 aromatic rings. The Balaban J connectivity index is 1.26. The molecule has 1 aliphatic rings. The summed E-state index contributed by atoms with van der Waals surface area (Å²) in [6.45, 7) is 2.72. The van der Waals surface area contributed by atoms with E-state index in [0.717, 1.165) is 20.9 Å². The largest absolute Gasteiger partial charge is 0.345 e. The number of fused-ring (bicyclic) bond motifs is 2. The van der Waals surface area contributed by atoms with Crippen molar-refractivity contribution in [2.45, 2.75) is 6.54 Å². The summed E-state index contributed by atoms with van der Waals surface area (Å²) in [5.41, 5.74) is 2.05. The maximum absolute atomic E-state index is 13.9. The highest BCUT2D eigenvalue weighted by Crippen LogP contribution is 2.30. The van der Waals surface area contributed by atoms with Gasteiger partial charge < -0.3 is 9.80 Å². The number of hydrogen-bond donors (Lipinski definition) is 0. The van der Waals surface area contributed by atoms with Crippen LogP contribution in [0.2, 0.25) is 0 Å². The van der Waals surface area contributed by atoms with Crippen LogP contribution >= 0.6 is 11.3 Å². The van der Waals surface area contributed by atoms with Crippen molar-refractivity contribution in [3.8, 4) is 0 Å². The van der Waals surface area contributed by atoms with E-state index in [1.54, 1.807) is 10.7 Å². The van der Waals surface area contributed by atoms with Gasteiger partial charge in [0.1, 0.15) is 23.4 Å². The van der Waals surface area contributed by atoms with Crippen LogP contribution in [0.25, 0.3) is 21.3 Å². The molecule has 1 saturated heterocycles. The third kappa shape index (κ3) is 2.97. The summed E-state index contributed by atoms with van der Waals surface area (Å²) >= 11 is 1.48. The lowest BCUT2D eigenvalue weighted by molar-refractivity contribution is -0.132. The van der Waals surface area contributed by atoms with Gasteiger partial charge in [0.05, 0.1) is 10.2 Å². The first-order valence-electron chi connectivity index (χ1n) is 9.05. The molecule has 2 aromatic carbocycles. The third-order valence-corrected chi connectivity index (χ3v) is 6.05. The molecule has 2 aromatic heterocycles. The fourth-order valence-electron chi connectivity index (χ4n) is 3.45. The van der Waals surface area contributed by atoms with Crippen LogP contribution in [0.4, 0.5) is 9.52 Å². The summed E-state index contributed by atoms with van der Waals surface area (Å²) in [4.78, 5) is 21.1. The molecule has 0 N–H and O–H groups in total. The molecule has 1 aliphatic heterocycles. The SMILES string of the molecule is O=C(Cn1nnc2ccccc21)N1CCN(c2nc3c(F)cccc3s2)CC1. The quantitative estimate of drug-likeness (QED) is 0.532. The number of rotatable bonds is 3. The lowest BCUT2D eigenvalue weighted by Gasteiger charge is -2.34. The Labute approximate surface area is 164 Å². The zero-order valence-electron chi connectivity index (χ0n) is 15.0. The molecule has 3 heterocycles. The number of halogens is 1. The van der Waals surface area contributed by atoms with E-state index in [9.17, 15) is 9.18 Å². The molecule has 1 amide bonds. The second-order valence-corrected chi connectivity index (χ2v) is 7.70. The first kappa shape index (κ1) is 17.1. The van der Waals surface area contributed by atoms with Crippen LogP contribution in [0.3, 0.4) is 0 Å². The van der Waals surface area contributed by atoms with Gasteiger partial charge >= 0.3 is 0 Å². The highest BCUT2D eigenvalue weighted by Gasteiger charge is 2.24. The van der Waals surface area contributed by atoms with E-state index < -0.39 is 0 Å². The second kappa shape index (κ2) is 6.83. The normalized spacial score (nSPS) is 14.9. The van der Waals surface area contributed by atoms with E-state index in [1.165, 1.54) is 17.4 Å². The minimum Gasteiger partial charge on any atom is -0.345 e. The smallest absolute Gasteiger partial charge is 0.244 e. The molecule has 0 saturated carbocycles. The molecule has 0 radical (unpaired) electrons. The number of benzene rings is 2. The number of amides is 1. The van der Waals surface area contributed by atoms with E-state index in [1.807, 2.05) is 35.2 Å². The van der Waals surface area contributed by atoms with Gasteiger partial charge in [-0.15, -0.1) is 5.10 Å². The Morgan fingerprint density at radius 1 is 1.07 bits per heavy atom. The van der Waals surface area contributed by atoms with Crippen molar-refractivity contribution in [1.29, 1.82) is 0 Å². The van der Waals surface area contributed by atoms with Crippen molar-refractivity contribution >= 4 is 43.6 Å². The second-order valence-electron chi connectivity index (χ2n) is 6.69. The van der Waals surface area contributed by atoms with Gasteiger partial charge in [0.15, 0.2) is 5.13 Å². The molecule has 142 valence electrons. The number of carbonyl (C=O) groups is 1. The monoisotopic (exact) mass is 396 g/mol. The summed E-state index contributed by atoms with van der Waals surface area (Å²) in [5.74, 6) is -0.278. The predicted molar refractivity (Wildman–Crippen MR) is 106 cm³/mol. The van der Waals surface area contributed by atoms with Crippen LogP contribution < -0.4 is 4.90 Å². The van der Waals surface area contributed by atoms with E-state index in [2.05, 4.69) is 20.2 Å². The van der Waals surface area contributed by atoms with E-state index >= 15 is 0 Å². The zero-order valence-corrected chi connectivity index (χ0v) is 15.8. The van der Waals surface area contributed by atoms with Crippen LogP contribution in [-0.2, 0) is 11.3 Å².